The normalized spacial score (nSPS) is 17.6. The van der Waals surface area contributed by atoms with Crippen molar-refractivity contribution >= 4 is 5.97 Å². The SMILES string of the molecule is CCCCCCCCCCCC1(C=CC(=O)O)CCCC1. The van der Waals surface area contributed by atoms with E-state index in [1.165, 1.54) is 96.0 Å². The zero-order valence-corrected chi connectivity index (χ0v) is 13.9. The first-order valence-corrected chi connectivity index (χ1v) is 9.11. The van der Waals surface area contributed by atoms with Gasteiger partial charge >= 0.3 is 5.97 Å². The maximum absolute atomic E-state index is 10.7. The molecule has 122 valence electrons. The summed E-state index contributed by atoms with van der Waals surface area (Å²) in [5, 5.41) is 8.83. The number of carbonyl (C=O) groups is 1. The van der Waals surface area contributed by atoms with Gasteiger partial charge in [-0.3, -0.25) is 0 Å². The highest BCUT2D eigenvalue weighted by molar-refractivity contribution is 5.79. The zero-order chi connectivity index (χ0) is 15.4. The van der Waals surface area contributed by atoms with Crippen LogP contribution in [-0.4, -0.2) is 11.1 Å². The van der Waals surface area contributed by atoms with Crippen LogP contribution >= 0.6 is 0 Å². The molecular weight excluding hydrogens is 260 g/mol. The second-order valence-corrected chi connectivity index (χ2v) is 6.82. The van der Waals surface area contributed by atoms with E-state index in [0.29, 0.717) is 0 Å². The van der Waals surface area contributed by atoms with E-state index in [1.807, 2.05) is 6.08 Å². The summed E-state index contributed by atoms with van der Waals surface area (Å²) in [5.41, 5.74) is 0.208. The molecule has 1 aliphatic carbocycles. The average Bonchev–Trinajstić information content (AvgIpc) is 2.93. The standard InChI is InChI=1S/C19H34O2/c1-2-3-4-5-6-7-8-9-10-14-19(15-11-12-16-19)17-13-18(20)21/h13,17H,2-12,14-16H2,1H3,(H,20,21). The van der Waals surface area contributed by atoms with Crippen LogP contribution in [0.5, 0.6) is 0 Å². The fourth-order valence-electron chi connectivity index (χ4n) is 3.61. The second-order valence-electron chi connectivity index (χ2n) is 6.82. The third-order valence-electron chi connectivity index (χ3n) is 4.96. The quantitative estimate of drug-likeness (QED) is 0.348. The summed E-state index contributed by atoms with van der Waals surface area (Å²) in [6.07, 6.45) is 21.7. The van der Waals surface area contributed by atoms with Crippen LogP contribution in [0.2, 0.25) is 0 Å². The van der Waals surface area contributed by atoms with Gasteiger partial charge in [0.25, 0.3) is 0 Å². The minimum atomic E-state index is -0.798. The van der Waals surface area contributed by atoms with Crippen LogP contribution in [0.4, 0.5) is 0 Å². The molecule has 0 unspecified atom stereocenters. The van der Waals surface area contributed by atoms with Gasteiger partial charge in [-0.25, -0.2) is 4.79 Å². The molecule has 0 bridgehead atoms. The van der Waals surface area contributed by atoms with Gasteiger partial charge in [0.2, 0.25) is 0 Å². The Hall–Kier alpha value is -0.790. The van der Waals surface area contributed by atoms with Crippen molar-refractivity contribution in [3.8, 4) is 0 Å². The van der Waals surface area contributed by atoms with E-state index in [0.717, 1.165) is 0 Å². The molecule has 0 atom stereocenters. The molecule has 0 amide bonds. The third kappa shape index (κ3) is 8.28. The zero-order valence-electron chi connectivity index (χ0n) is 13.9. The predicted molar refractivity (Wildman–Crippen MR) is 89.5 cm³/mol. The fraction of sp³-hybridized carbons (Fsp3) is 0.842. The molecule has 1 aliphatic rings. The maximum Gasteiger partial charge on any atom is 0.327 e. The van der Waals surface area contributed by atoms with E-state index >= 15 is 0 Å². The second kappa shape index (κ2) is 10.9. The van der Waals surface area contributed by atoms with Crippen molar-refractivity contribution < 1.29 is 9.90 Å². The van der Waals surface area contributed by atoms with Crippen LogP contribution in [-0.2, 0) is 4.79 Å². The molecule has 0 heterocycles. The number of unbranched alkanes of at least 4 members (excludes halogenated alkanes) is 8. The molecule has 2 heteroatoms. The van der Waals surface area contributed by atoms with Gasteiger partial charge in [-0.15, -0.1) is 0 Å². The highest BCUT2D eigenvalue weighted by Gasteiger charge is 2.30. The Bertz CT molecular complexity index is 301. The number of hydrogen-bond donors (Lipinski definition) is 1. The lowest BCUT2D eigenvalue weighted by Gasteiger charge is -2.24. The van der Waals surface area contributed by atoms with E-state index in [-0.39, 0.29) is 5.41 Å². The molecular formula is C19H34O2. The molecule has 0 aliphatic heterocycles. The van der Waals surface area contributed by atoms with Gasteiger partial charge in [-0.2, -0.15) is 0 Å². The number of hydrogen-bond acceptors (Lipinski definition) is 1. The van der Waals surface area contributed by atoms with Crippen molar-refractivity contribution in [3.05, 3.63) is 12.2 Å². The van der Waals surface area contributed by atoms with E-state index in [9.17, 15) is 4.79 Å². The Morgan fingerprint density at radius 2 is 1.48 bits per heavy atom. The van der Waals surface area contributed by atoms with Crippen molar-refractivity contribution in [1.82, 2.24) is 0 Å². The Morgan fingerprint density at radius 1 is 0.952 bits per heavy atom. The maximum atomic E-state index is 10.7. The van der Waals surface area contributed by atoms with E-state index in [1.54, 1.807) is 0 Å². The molecule has 0 aromatic rings. The van der Waals surface area contributed by atoms with E-state index in [2.05, 4.69) is 6.92 Å². The molecule has 0 radical (unpaired) electrons. The molecule has 1 N–H and O–H groups in total. The van der Waals surface area contributed by atoms with Crippen LogP contribution in [0, 0.1) is 5.41 Å². The van der Waals surface area contributed by atoms with E-state index < -0.39 is 5.97 Å². The molecule has 1 fully saturated rings. The summed E-state index contributed by atoms with van der Waals surface area (Å²) in [6.45, 7) is 2.26. The van der Waals surface area contributed by atoms with Gasteiger partial charge in [-0.1, -0.05) is 83.6 Å². The van der Waals surface area contributed by atoms with Crippen LogP contribution in [0.1, 0.15) is 96.8 Å². The van der Waals surface area contributed by atoms with Crippen molar-refractivity contribution in [2.24, 2.45) is 5.41 Å². The first-order valence-electron chi connectivity index (χ1n) is 9.11. The monoisotopic (exact) mass is 294 g/mol. The Balaban J connectivity index is 2.10. The molecule has 0 spiro atoms. The van der Waals surface area contributed by atoms with Gasteiger partial charge in [0.15, 0.2) is 0 Å². The fourth-order valence-corrected chi connectivity index (χ4v) is 3.61. The van der Waals surface area contributed by atoms with Crippen LogP contribution in [0.25, 0.3) is 0 Å². The van der Waals surface area contributed by atoms with Crippen LogP contribution < -0.4 is 0 Å². The molecule has 0 aromatic carbocycles. The molecule has 21 heavy (non-hydrogen) atoms. The summed E-state index contributed by atoms with van der Waals surface area (Å²) in [4.78, 5) is 10.7. The largest absolute Gasteiger partial charge is 0.478 e. The lowest BCUT2D eigenvalue weighted by atomic mass is 9.80. The summed E-state index contributed by atoms with van der Waals surface area (Å²) < 4.78 is 0. The van der Waals surface area contributed by atoms with Crippen LogP contribution in [0.3, 0.4) is 0 Å². The number of allylic oxidation sites excluding steroid dienone is 1. The summed E-state index contributed by atoms with van der Waals surface area (Å²) in [5.74, 6) is -0.798. The topological polar surface area (TPSA) is 37.3 Å². The van der Waals surface area contributed by atoms with Gasteiger partial charge in [0.1, 0.15) is 0 Å². The molecule has 0 aromatic heterocycles. The minimum Gasteiger partial charge on any atom is -0.478 e. The lowest BCUT2D eigenvalue weighted by Crippen LogP contribution is -2.13. The van der Waals surface area contributed by atoms with Gasteiger partial charge in [0.05, 0.1) is 0 Å². The average molecular weight is 294 g/mol. The number of rotatable bonds is 12. The van der Waals surface area contributed by atoms with E-state index in [4.69, 9.17) is 5.11 Å². The molecule has 0 saturated heterocycles. The number of carboxylic acid groups (broad SMARTS) is 1. The predicted octanol–water partition coefficient (Wildman–Crippen LogP) is 6.11. The first-order chi connectivity index (χ1) is 10.2. The smallest absolute Gasteiger partial charge is 0.327 e. The minimum absolute atomic E-state index is 0.208. The highest BCUT2D eigenvalue weighted by atomic mass is 16.4. The number of aliphatic carboxylic acids is 1. The summed E-state index contributed by atoms with van der Waals surface area (Å²) >= 11 is 0. The lowest BCUT2D eigenvalue weighted by molar-refractivity contribution is -0.131. The molecule has 1 rings (SSSR count). The third-order valence-corrected chi connectivity index (χ3v) is 4.96. The highest BCUT2D eigenvalue weighted by Crippen LogP contribution is 2.43. The Morgan fingerprint density at radius 3 is 2.00 bits per heavy atom. The summed E-state index contributed by atoms with van der Waals surface area (Å²) in [6, 6.07) is 0. The number of carboxylic acids is 1. The Kier molecular flexibility index (Phi) is 9.45. The van der Waals surface area contributed by atoms with Gasteiger partial charge < -0.3 is 5.11 Å². The molecule has 1 saturated carbocycles. The summed E-state index contributed by atoms with van der Waals surface area (Å²) in [7, 11) is 0. The van der Waals surface area contributed by atoms with Crippen LogP contribution in [0.15, 0.2) is 12.2 Å². The van der Waals surface area contributed by atoms with Crippen molar-refractivity contribution in [2.75, 3.05) is 0 Å². The van der Waals surface area contributed by atoms with Crippen molar-refractivity contribution in [3.63, 3.8) is 0 Å². The van der Waals surface area contributed by atoms with Gasteiger partial charge in [-0.05, 0) is 24.7 Å². The van der Waals surface area contributed by atoms with Crippen molar-refractivity contribution in [2.45, 2.75) is 96.8 Å². The Labute approximate surface area is 131 Å². The van der Waals surface area contributed by atoms with Crippen molar-refractivity contribution in [1.29, 1.82) is 0 Å². The first kappa shape index (κ1) is 18.3. The van der Waals surface area contributed by atoms with Gasteiger partial charge in [0, 0.05) is 6.08 Å². The molecule has 2 nitrogen and oxygen atoms in total.